The minimum Gasteiger partial charge on any atom is -0.378 e. The molecule has 2 heterocycles. The van der Waals surface area contributed by atoms with Crippen LogP contribution in [0.15, 0.2) is 54.0 Å². The van der Waals surface area contributed by atoms with Gasteiger partial charge in [-0.05, 0) is 42.8 Å². The maximum Gasteiger partial charge on any atom is 0.224 e. The number of thiazole rings is 1. The summed E-state index contributed by atoms with van der Waals surface area (Å²) in [6.45, 7) is 0. The minimum absolute atomic E-state index is 0.00927. The molecule has 2 aromatic heterocycles. The number of benzene rings is 1. The molecule has 1 N–H and O–H groups in total. The second-order valence-corrected chi connectivity index (χ2v) is 6.71. The molecule has 0 spiro atoms. The summed E-state index contributed by atoms with van der Waals surface area (Å²) in [5.74, 6) is -0.00927. The van der Waals surface area contributed by atoms with Gasteiger partial charge in [0.15, 0.2) is 0 Å². The Morgan fingerprint density at radius 1 is 1.16 bits per heavy atom. The number of rotatable bonds is 6. The maximum atomic E-state index is 12.1. The first kappa shape index (κ1) is 17.1. The smallest absolute Gasteiger partial charge is 0.224 e. The molecule has 0 aliphatic rings. The van der Waals surface area contributed by atoms with Crippen LogP contribution < -0.4 is 10.2 Å². The molecule has 0 radical (unpaired) electrons. The van der Waals surface area contributed by atoms with E-state index in [9.17, 15) is 4.79 Å². The third-order valence-corrected chi connectivity index (χ3v) is 4.63. The Labute approximate surface area is 151 Å². The van der Waals surface area contributed by atoms with Crippen LogP contribution in [-0.4, -0.2) is 30.0 Å². The maximum absolute atomic E-state index is 12.1. The molecule has 25 heavy (non-hydrogen) atoms. The number of aromatic nitrogens is 2. The van der Waals surface area contributed by atoms with Gasteiger partial charge in [0.2, 0.25) is 5.91 Å². The lowest BCUT2D eigenvalue weighted by Gasteiger charge is -2.13. The Bertz CT molecular complexity index is 828. The number of amides is 1. The Hall–Kier alpha value is -2.73. The summed E-state index contributed by atoms with van der Waals surface area (Å²) >= 11 is 1.55. The van der Waals surface area contributed by atoms with Gasteiger partial charge in [-0.25, -0.2) is 4.98 Å². The fraction of sp³-hybridized carbons (Fsp3) is 0.211. The van der Waals surface area contributed by atoms with Crippen LogP contribution in [0.3, 0.4) is 0 Å². The van der Waals surface area contributed by atoms with E-state index in [-0.39, 0.29) is 5.91 Å². The number of carbonyl (C=O) groups excluding carboxylic acids is 1. The van der Waals surface area contributed by atoms with Gasteiger partial charge >= 0.3 is 0 Å². The number of nitrogens with zero attached hydrogens (tertiary/aromatic N) is 3. The second kappa shape index (κ2) is 7.90. The molecule has 128 valence electrons. The van der Waals surface area contributed by atoms with Gasteiger partial charge in [-0.2, -0.15) is 0 Å². The predicted molar refractivity (Wildman–Crippen MR) is 103 cm³/mol. The van der Waals surface area contributed by atoms with Crippen LogP contribution in [0.1, 0.15) is 12.1 Å². The van der Waals surface area contributed by atoms with E-state index in [2.05, 4.69) is 15.3 Å². The molecule has 0 saturated carbocycles. The van der Waals surface area contributed by atoms with Crippen LogP contribution in [0, 0.1) is 0 Å². The monoisotopic (exact) mass is 352 g/mol. The van der Waals surface area contributed by atoms with E-state index in [4.69, 9.17) is 0 Å². The van der Waals surface area contributed by atoms with Gasteiger partial charge < -0.3 is 10.2 Å². The molecule has 3 rings (SSSR count). The number of carbonyl (C=O) groups is 1. The van der Waals surface area contributed by atoms with E-state index < -0.39 is 0 Å². The molecule has 0 aliphatic heterocycles. The lowest BCUT2D eigenvalue weighted by atomic mass is 10.2. The van der Waals surface area contributed by atoms with Crippen molar-refractivity contribution in [3.05, 3.63) is 59.7 Å². The highest BCUT2D eigenvalue weighted by atomic mass is 32.1. The highest BCUT2D eigenvalue weighted by molar-refractivity contribution is 7.13. The number of nitrogens with one attached hydrogen (secondary N) is 1. The highest BCUT2D eigenvalue weighted by Crippen LogP contribution is 2.22. The van der Waals surface area contributed by atoms with Crippen molar-refractivity contribution in [2.45, 2.75) is 12.8 Å². The Kier molecular flexibility index (Phi) is 5.40. The lowest BCUT2D eigenvalue weighted by Crippen LogP contribution is -2.13. The molecule has 0 aliphatic carbocycles. The molecule has 3 aromatic rings. The van der Waals surface area contributed by atoms with Crippen LogP contribution in [0.5, 0.6) is 0 Å². The lowest BCUT2D eigenvalue weighted by molar-refractivity contribution is -0.116. The van der Waals surface area contributed by atoms with Crippen molar-refractivity contribution in [2.24, 2.45) is 0 Å². The van der Waals surface area contributed by atoms with Gasteiger partial charge in [0.25, 0.3) is 0 Å². The molecule has 0 unspecified atom stereocenters. The van der Waals surface area contributed by atoms with Crippen molar-refractivity contribution in [2.75, 3.05) is 24.3 Å². The average molecular weight is 352 g/mol. The number of hydrogen-bond acceptors (Lipinski definition) is 5. The van der Waals surface area contributed by atoms with Crippen LogP contribution >= 0.6 is 11.3 Å². The summed E-state index contributed by atoms with van der Waals surface area (Å²) in [7, 11) is 3.97. The molecule has 1 aromatic carbocycles. The van der Waals surface area contributed by atoms with E-state index in [0.29, 0.717) is 12.8 Å². The van der Waals surface area contributed by atoms with Gasteiger partial charge in [-0.3, -0.25) is 9.78 Å². The summed E-state index contributed by atoms with van der Waals surface area (Å²) in [5, 5.41) is 5.80. The zero-order valence-electron chi connectivity index (χ0n) is 14.3. The number of pyridine rings is 1. The molecule has 1 amide bonds. The summed E-state index contributed by atoms with van der Waals surface area (Å²) < 4.78 is 0. The summed E-state index contributed by atoms with van der Waals surface area (Å²) in [5.41, 5.74) is 3.69. The SMILES string of the molecule is CN(C)c1ccc(NC(=O)CCc2csc(-c3ccccn3)n2)cc1. The third-order valence-electron chi connectivity index (χ3n) is 3.71. The Morgan fingerprint density at radius 3 is 2.64 bits per heavy atom. The summed E-state index contributed by atoms with van der Waals surface area (Å²) in [4.78, 5) is 23.0. The van der Waals surface area contributed by atoms with E-state index in [1.165, 1.54) is 0 Å². The van der Waals surface area contributed by atoms with Crippen molar-refractivity contribution in [1.29, 1.82) is 0 Å². The topological polar surface area (TPSA) is 58.1 Å². The Morgan fingerprint density at radius 2 is 1.96 bits per heavy atom. The second-order valence-electron chi connectivity index (χ2n) is 5.85. The fourth-order valence-electron chi connectivity index (χ4n) is 2.34. The van der Waals surface area contributed by atoms with Gasteiger partial charge in [-0.1, -0.05) is 6.07 Å². The largest absolute Gasteiger partial charge is 0.378 e. The normalized spacial score (nSPS) is 10.5. The quantitative estimate of drug-likeness (QED) is 0.732. The van der Waals surface area contributed by atoms with E-state index >= 15 is 0 Å². The molecule has 0 fully saturated rings. The molecule has 6 heteroatoms. The zero-order chi connectivity index (χ0) is 17.6. The molecule has 0 bridgehead atoms. The molecular formula is C19H20N4OS. The van der Waals surface area contributed by atoms with Gasteiger partial charge in [0.05, 0.1) is 11.4 Å². The molecule has 0 atom stereocenters. The zero-order valence-corrected chi connectivity index (χ0v) is 15.1. The fourth-order valence-corrected chi connectivity index (χ4v) is 3.17. The number of anilines is 2. The third kappa shape index (κ3) is 4.64. The van der Waals surface area contributed by atoms with Gasteiger partial charge in [-0.15, -0.1) is 11.3 Å². The predicted octanol–water partition coefficient (Wildman–Crippen LogP) is 3.84. The Balaban J connectivity index is 1.53. The average Bonchev–Trinajstić information content (AvgIpc) is 3.10. The first-order valence-corrected chi connectivity index (χ1v) is 8.93. The standard InChI is InChI=1S/C19H20N4OS/c1-23(2)16-9-6-14(7-10-16)21-18(24)11-8-15-13-25-19(22-15)17-5-3-4-12-20-17/h3-7,9-10,12-13H,8,11H2,1-2H3,(H,21,24). The van der Waals surface area contributed by atoms with Crippen molar-refractivity contribution >= 4 is 28.6 Å². The highest BCUT2D eigenvalue weighted by Gasteiger charge is 2.08. The molecule has 5 nitrogen and oxygen atoms in total. The summed E-state index contributed by atoms with van der Waals surface area (Å²) in [6, 6.07) is 13.5. The summed E-state index contributed by atoms with van der Waals surface area (Å²) in [6.07, 6.45) is 2.77. The van der Waals surface area contributed by atoms with Crippen molar-refractivity contribution in [3.8, 4) is 10.7 Å². The first-order valence-electron chi connectivity index (χ1n) is 8.05. The van der Waals surface area contributed by atoms with Crippen molar-refractivity contribution < 1.29 is 4.79 Å². The number of aryl methyl sites for hydroxylation is 1. The van der Waals surface area contributed by atoms with E-state index in [0.717, 1.165) is 27.8 Å². The van der Waals surface area contributed by atoms with E-state index in [1.807, 2.05) is 66.8 Å². The van der Waals surface area contributed by atoms with Crippen molar-refractivity contribution in [1.82, 2.24) is 9.97 Å². The van der Waals surface area contributed by atoms with Crippen LogP contribution in [0.2, 0.25) is 0 Å². The first-order chi connectivity index (χ1) is 12.1. The number of hydrogen-bond donors (Lipinski definition) is 1. The van der Waals surface area contributed by atoms with Gasteiger partial charge in [0.1, 0.15) is 5.01 Å². The van der Waals surface area contributed by atoms with Crippen LogP contribution in [0.4, 0.5) is 11.4 Å². The van der Waals surface area contributed by atoms with E-state index in [1.54, 1.807) is 17.5 Å². The van der Waals surface area contributed by atoms with Crippen LogP contribution in [0.25, 0.3) is 10.7 Å². The minimum atomic E-state index is -0.00927. The van der Waals surface area contributed by atoms with Crippen LogP contribution in [-0.2, 0) is 11.2 Å². The van der Waals surface area contributed by atoms with Gasteiger partial charge in [0, 0.05) is 43.5 Å². The van der Waals surface area contributed by atoms with Crippen molar-refractivity contribution in [3.63, 3.8) is 0 Å². The molecular weight excluding hydrogens is 332 g/mol. The molecule has 0 saturated heterocycles.